The third-order valence-corrected chi connectivity index (χ3v) is 8.66. The molecule has 0 bridgehead atoms. The maximum atomic E-state index is 13.2. The Bertz CT molecular complexity index is 1210. The first-order valence-corrected chi connectivity index (χ1v) is 12.2. The highest BCUT2D eigenvalue weighted by atomic mass is 35.5. The van der Waals surface area contributed by atoms with Crippen LogP contribution in [0.2, 0.25) is 5.02 Å². The summed E-state index contributed by atoms with van der Waals surface area (Å²) >= 11 is 8.37. The van der Waals surface area contributed by atoms with Gasteiger partial charge in [0.1, 0.15) is 10.7 Å². The number of carbonyl (C=O) groups excluding carboxylic acids is 1. The maximum Gasteiger partial charge on any atom is 0.254 e. The van der Waals surface area contributed by atoms with E-state index in [9.17, 15) is 4.79 Å². The zero-order valence-corrected chi connectivity index (χ0v) is 19.3. The number of likely N-dealkylation sites (N-methyl/N-ethyl adjacent to an activating group) is 1. The summed E-state index contributed by atoms with van der Waals surface area (Å²) in [6, 6.07) is 7.98. The summed E-state index contributed by atoms with van der Waals surface area (Å²) in [4.78, 5) is 25.5. The fourth-order valence-electron chi connectivity index (χ4n) is 5.54. The molecule has 2 saturated carbocycles. The van der Waals surface area contributed by atoms with Gasteiger partial charge in [-0.3, -0.25) is 4.79 Å². The molecule has 2 aliphatic carbocycles. The first-order chi connectivity index (χ1) is 15.0. The first-order valence-electron chi connectivity index (χ1n) is 11.0. The summed E-state index contributed by atoms with van der Waals surface area (Å²) in [6.45, 7) is 3.90. The number of aromatic nitrogens is 2. The molecule has 2 aromatic heterocycles. The molecule has 1 N–H and O–H groups in total. The van der Waals surface area contributed by atoms with Gasteiger partial charge in [0, 0.05) is 35.5 Å². The van der Waals surface area contributed by atoms with Crippen molar-refractivity contribution in [2.75, 3.05) is 20.1 Å². The first kappa shape index (κ1) is 19.6. The lowest BCUT2D eigenvalue weighted by Crippen LogP contribution is -2.49. The Morgan fingerprint density at radius 2 is 2.16 bits per heavy atom. The number of thiophene rings is 1. The van der Waals surface area contributed by atoms with Crippen molar-refractivity contribution < 1.29 is 4.79 Å². The SMILES string of the molecule is Cc1nc(C2CC2c2ccc(C(=O)N(C)C34CNCCC3C4)cc2Cl)c2ccsc2n1. The van der Waals surface area contributed by atoms with Crippen molar-refractivity contribution in [1.29, 1.82) is 0 Å². The van der Waals surface area contributed by atoms with E-state index >= 15 is 0 Å². The van der Waals surface area contributed by atoms with Gasteiger partial charge in [-0.05, 0) is 73.7 Å². The number of piperidine rings is 1. The van der Waals surface area contributed by atoms with Crippen LogP contribution in [0.1, 0.15) is 58.5 Å². The van der Waals surface area contributed by atoms with Crippen LogP contribution in [0.15, 0.2) is 29.6 Å². The van der Waals surface area contributed by atoms with Crippen molar-refractivity contribution >= 4 is 39.1 Å². The molecule has 5 nitrogen and oxygen atoms in total. The molecule has 3 aliphatic rings. The van der Waals surface area contributed by atoms with E-state index in [-0.39, 0.29) is 11.4 Å². The molecular weight excluding hydrogens is 428 g/mol. The standard InChI is InChI=1S/C24H25ClN4OS/c1-13-27-21(17-6-8-31-22(17)28-13)19-10-18(19)16-4-3-14(9-20(16)25)23(30)29(2)24-11-15(24)5-7-26-12-24/h3-4,6,8-9,15,18-19,26H,5,7,10-12H2,1-2H3. The summed E-state index contributed by atoms with van der Waals surface area (Å²) in [6.07, 6.45) is 3.29. The number of nitrogens with one attached hydrogen (secondary N) is 1. The average molecular weight is 453 g/mol. The lowest BCUT2D eigenvalue weighted by Gasteiger charge is -2.33. The minimum atomic E-state index is -0.00114. The van der Waals surface area contributed by atoms with Crippen LogP contribution < -0.4 is 5.32 Å². The van der Waals surface area contributed by atoms with Crippen molar-refractivity contribution in [3.8, 4) is 0 Å². The highest BCUT2D eigenvalue weighted by Gasteiger charge is 2.59. The van der Waals surface area contributed by atoms with Gasteiger partial charge < -0.3 is 10.2 Å². The van der Waals surface area contributed by atoms with E-state index in [1.54, 1.807) is 11.3 Å². The Hall–Kier alpha value is -2.02. The molecule has 0 radical (unpaired) electrons. The molecule has 3 fully saturated rings. The summed E-state index contributed by atoms with van der Waals surface area (Å²) in [5, 5.41) is 7.38. The molecule has 31 heavy (non-hydrogen) atoms. The zero-order valence-electron chi connectivity index (χ0n) is 17.7. The highest BCUT2D eigenvalue weighted by molar-refractivity contribution is 7.16. The van der Waals surface area contributed by atoms with Crippen LogP contribution in [-0.2, 0) is 0 Å². The summed E-state index contributed by atoms with van der Waals surface area (Å²) < 4.78 is 0. The van der Waals surface area contributed by atoms with Crippen molar-refractivity contribution in [3.05, 3.63) is 57.3 Å². The Morgan fingerprint density at radius 3 is 2.97 bits per heavy atom. The number of hydrogen-bond donors (Lipinski definition) is 1. The number of aryl methyl sites for hydroxylation is 1. The number of carbonyl (C=O) groups is 1. The van der Waals surface area contributed by atoms with Crippen molar-refractivity contribution in [2.24, 2.45) is 5.92 Å². The van der Waals surface area contributed by atoms with E-state index in [2.05, 4.69) is 21.7 Å². The Labute approximate surface area is 190 Å². The van der Waals surface area contributed by atoms with E-state index in [0.717, 1.165) is 59.7 Å². The monoisotopic (exact) mass is 452 g/mol. The van der Waals surface area contributed by atoms with Gasteiger partial charge in [0.2, 0.25) is 0 Å². The minimum absolute atomic E-state index is 0.00114. The molecule has 160 valence electrons. The van der Waals surface area contributed by atoms with Crippen LogP contribution in [0, 0.1) is 12.8 Å². The van der Waals surface area contributed by atoms with E-state index < -0.39 is 0 Å². The fourth-order valence-corrected chi connectivity index (χ4v) is 6.67. The van der Waals surface area contributed by atoms with Crippen LogP contribution in [0.3, 0.4) is 0 Å². The Kier molecular flexibility index (Phi) is 4.43. The molecular formula is C24H25ClN4OS. The largest absolute Gasteiger partial charge is 0.334 e. The van der Waals surface area contributed by atoms with Crippen molar-refractivity contribution in [1.82, 2.24) is 20.2 Å². The molecule has 3 aromatic rings. The van der Waals surface area contributed by atoms with Crippen molar-refractivity contribution in [3.63, 3.8) is 0 Å². The number of hydrogen-bond acceptors (Lipinski definition) is 5. The van der Waals surface area contributed by atoms with Gasteiger partial charge in [-0.1, -0.05) is 17.7 Å². The van der Waals surface area contributed by atoms with Crippen LogP contribution in [0.5, 0.6) is 0 Å². The number of nitrogens with zero attached hydrogens (tertiary/aromatic N) is 3. The lowest BCUT2D eigenvalue weighted by molar-refractivity contribution is 0.0674. The summed E-state index contributed by atoms with van der Waals surface area (Å²) in [5.74, 6) is 2.23. The number of benzene rings is 1. The normalized spacial score (nSPS) is 28.9. The summed E-state index contributed by atoms with van der Waals surface area (Å²) in [5.41, 5.74) is 2.93. The highest BCUT2D eigenvalue weighted by Crippen LogP contribution is 2.57. The third-order valence-electron chi connectivity index (χ3n) is 7.53. The predicted octanol–water partition coefficient (Wildman–Crippen LogP) is 4.75. The van der Waals surface area contributed by atoms with E-state index in [1.807, 2.05) is 37.1 Å². The topological polar surface area (TPSA) is 58.1 Å². The van der Waals surface area contributed by atoms with Crippen LogP contribution in [0.25, 0.3) is 10.2 Å². The molecule has 1 saturated heterocycles. The zero-order chi connectivity index (χ0) is 21.3. The average Bonchev–Trinajstić information content (AvgIpc) is 3.66. The van der Waals surface area contributed by atoms with Gasteiger partial charge in [-0.2, -0.15) is 0 Å². The molecule has 3 heterocycles. The minimum Gasteiger partial charge on any atom is -0.334 e. The number of fused-ring (bicyclic) bond motifs is 2. The molecule has 1 amide bonds. The molecule has 0 spiro atoms. The number of rotatable bonds is 4. The molecule has 7 heteroatoms. The smallest absolute Gasteiger partial charge is 0.254 e. The summed E-state index contributed by atoms with van der Waals surface area (Å²) in [7, 11) is 1.94. The number of amides is 1. The second-order valence-corrected chi connectivity index (χ2v) is 10.6. The van der Waals surface area contributed by atoms with Gasteiger partial charge in [-0.15, -0.1) is 11.3 Å². The van der Waals surface area contributed by atoms with E-state index in [0.29, 0.717) is 28.3 Å². The van der Waals surface area contributed by atoms with Gasteiger partial charge in [-0.25, -0.2) is 9.97 Å². The lowest BCUT2D eigenvalue weighted by atomic mass is 10.0. The number of halogens is 1. The van der Waals surface area contributed by atoms with Crippen LogP contribution in [-0.4, -0.2) is 46.5 Å². The quantitative estimate of drug-likeness (QED) is 0.620. The van der Waals surface area contributed by atoms with Gasteiger partial charge >= 0.3 is 0 Å². The van der Waals surface area contributed by atoms with Crippen LogP contribution in [0.4, 0.5) is 0 Å². The van der Waals surface area contributed by atoms with E-state index in [1.165, 1.54) is 0 Å². The fraction of sp³-hybridized carbons (Fsp3) is 0.458. The van der Waals surface area contributed by atoms with Crippen molar-refractivity contribution in [2.45, 2.75) is 43.6 Å². The Morgan fingerprint density at radius 1 is 1.29 bits per heavy atom. The molecule has 4 atom stereocenters. The van der Waals surface area contributed by atoms with E-state index in [4.69, 9.17) is 16.6 Å². The predicted molar refractivity (Wildman–Crippen MR) is 124 cm³/mol. The Balaban J connectivity index is 1.23. The third kappa shape index (κ3) is 3.11. The second kappa shape index (κ2) is 6.99. The van der Waals surface area contributed by atoms with Crippen LogP contribution >= 0.6 is 22.9 Å². The van der Waals surface area contributed by atoms with Gasteiger partial charge in [0.25, 0.3) is 5.91 Å². The maximum absolute atomic E-state index is 13.2. The van der Waals surface area contributed by atoms with Gasteiger partial charge in [0.15, 0.2) is 0 Å². The van der Waals surface area contributed by atoms with Gasteiger partial charge in [0.05, 0.1) is 11.2 Å². The molecule has 1 aromatic carbocycles. The molecule has 4 unspecified atom stereocenters. The second-order valence-electron chi connectivity index (χ2n) is 9.31. The molecule has 1 aliphatic heterocycles. The molecule has 6 rings (SSSR count).